The molecule has 0 saturated carbocycles. The Hall–Kier alpha value is -1.63. The number of nitrogens with zero attached hydrogens (tertiary/aromatic N) is 3. The number of carbonyl (C=O) groups is 1. The average Bonchev–Trinajstić information content (AvgIpc) is 2.57. The van der Waals surface area contributed by atoms with Gasteiger partial charge in [-0.1, -0.05) is 45.9 Å². The first-order chi connectivity index (χ1) is 11.1. The van der Waals surface area contributed by atoms with Crippen molar-refractivity contribution in [2.24, 2.45) is 5.73 Å². The van der Waals surface area contributed by atoms with E-state index < -0.39 is 6.03 Å². The Morgan fingerprint density at radius 1 is 1.00 bits per heavy atom. The Morgan fingerprint density at radius 2 is 1.48 bits per heavy atom. The number of anilines is 1. The fourth-order valence-corrected chi connectivity index (χ4v) is 2.70. The molecule has 23 heavy (non-hydrogen) atoms. The highest BCUT2D eigenvalue weighted by Gasteiger charge is 2.24. The van der Waals surface area contributed by atoms with Gasteiger partial charge in [-0.15, -0.1) is 0 Å². The zero-order valence-corrected chi connectivity index (χ0v) is 14.7. The van der Waals surface area contributed by atoms with E-state index in [-0.39, 0.29) is 6.17 Å². The summed E-state index contributed by atoms with van der Waals surface area (Å²) in [5.41, 5.74) is 6.11. The molecular formula is C17H30N4O2. The molecule has 1 rings (SSSR count). The molecule has 0 unspecified atom stereocenters. The summed E-state index contributed by atoms with van der Waals surface area (Å²) in [6.07, 6.45) is 0.102. The van der Waals surface area contributed by atoms with Crippen LogP contribution in [0.15, 0.2) is 30.3 Å². The first-order valence-corrected chi connectivity index (χ1v) is 8.34. The molecule has 2 N–H and O–H groups in total. The number of para-hydroxylation sites is 1. The molecule has 6 heteroatoms. The fourth-order valence-electron chi connectivity index (χ4n) is 2.70. The third-order valence-electron chi connectivity index (χ3n) is 4.01. The Balaban J connectivity index is 2.87. The van der Waals surface area contributed by atoms with Crippen molar-refractivity contribution in [1.82, 2.24) is 9.80 Å². The molecule has 0 aliphatic heterocycles. The lowest BCUT2D eigenvalue weighted by Gasteiger charge is -2.38. The zero-order valence-electron chi connectivity index (χ0n) is 14.7. The smallest absolute Gasteiger partial charge is 0.343 e. The van der Waals surface area contributed by atoms with Crippen molar-refractivity contribution in [2.45, 2.75) is 33.9 Å². The number of urea groups is 1. The molecule has 0 spiro atoms. The van der Waals surface area contributed by atoms with E-state index >= 15 is 0 Å². The molecule has 0 fully saturated rings. The van der Waals surface area contributed by atoms with Crippen LogP contribution in [0, 0.1) is 0 Å². The number of hydroxylamine groups is 1. The number of rotatable bonds is 10. The maximum Gasteiger partial charge on any atom is 0.343 e. The van der Waals surface area contributed by atoms with Gasteiger partial charge in [-0.05, 0) is 38.3 Å². The summed E-state index contributed by atoms with van der Waals surface area (Å²) in [7, 11) is 0. The van der Waals surface area contributed by atoms with Crippen molar-refractivity contribution in [1.29, 1.82) is 0 Å². The van der Waals surface area contributed by atoms with Crippen molar-refractivity contribution in [3.05, 3.63) is 30.3 Å². The number of benzene rings is 1. The average molecular weight is 322 g/mol. The minimum Gasteiger partial charge on any atom is -0.349 e. The van der Waals surface area contributed by atoms with Gasteiger partial charge in [-0.25, -0.2) is 4.79 Å². The van der Waals surface area contributed by atoms with Crippen LogP contribution in [-0.2, 0) is 4.84 Å². The lowest BCUT2D eigenvalue weighted by molar-refractivity contribution is -0.0195. The molecule has 0 aliphatic carbocycles. The van der Waals surface area contributed by atoms with Gasteiger partial charge >= 0.3 is 6.03 Å². The van der Waals surface area contributed by atoms with Gasteiger partial charge in [0.15, 0.2) is 0 Å². The highest BCUT2D eigenvalue weighted by Crippen LogP contribution is 2.15. The quantitative estimate of drug-likeness (QED) is 0.531. The molecule has 0 radical (unpaired) electrons. The van der Waals surface area contributed by atoms with Crippen LogP contribution in [0.25, 0.3) is 0 Å². The van der Waals surface area contributed by atoms with Crippen molar-refractivity contribution >= 4 is 11.7 Å². The first-order valence-electron chi connectivity index (χ1n) is 8.34. The van der Waals surface area contributed by atoms with Crippen LogP contribution in [0.4, 0.5) is 10.5 Å². The molecule has 0 aliphatic rings. The SMILES string of the molecule is CCN(CC)C(CON(C(N)=O)c1ccccc1)N(CC)CC. The van der Waals surface area contributed by atoms with E-state index in [4.69, 9.17) is 10.6 Å². The topological polar surface area (TPSA) is 62.0 Å². The monoisotopic (exact) mass is 322 g/mol. The van der Waals surface area contributed by atoms with Gasteiger partial charge in [-0.2, -0.15) is 5.06 Å². The van der Waals surface area contributed by atoms with Crippen LogP contribution < -0.4 is 10.8 Å². The van der Waals surface area contributed by atoms with Crippen LogP contribution >= 0.6 is 0 Å². The summed E-state index contributed by atoms with van der Waals surface area (Å²) in [5.74, 6) is 0. The molecular weight excluding hydrogens is 292 g/mol. The molecule has 0 saturated heterocycles. The second-order valence-corrected chi connectivity index (χ2v) is 5.19. The third kappa shape index (κ3) is 5.49. The van der Waals surface area contributed by atoms with Gasteiger partial charge < -0.3 is 5.73 Å². The van der Waals surface area contributed by atoms with Gasteiger partial charge in [0.1, 0.15) is 6.61 Å². The molecule has 0 atom stereocenters. The van der Waals surface area contributed by atoms with Crippen LogP contribution in [0.3, 0.4) is 0 Å². The minimum atomic E-state index is -0.617. The predicted molar refractivity (Wildman–Crippen MR) is 94.1 cm³/mol. The Bertz CT molecular complexity index is 435. The third-order valence-corrected chi connectivity index (χ3v) is 4.01. The standard InChI is InChI=1S/C17H30N4O2/c1-5-19(6-2)16(20(7-3)8-4)14-23-21(17(18)22)15-12-10-9-11-13-15/h9-13,16H,5-8,14H2,1-4H3,(H2,18,22). The number of hydrogen-bond donors (Lipinski definition) is 1. The van der Waals surface area contributed by atoms with E-state index in [1.54, 1.807) is 12.1 Å². The van der Waals surface area contributed by atoms with Gasteiger partial charge in [0.2, 0.25) is 0 Å². The Morgan fingerprint density at radius 3 is 1.87 bits per heavy atom. The van der Waals surface area contributed by atoms with Crippen molar-refractivity contribution in [2.75, 3.05) is 37.8 Å². The Kier molecular flexibility index (Phi) is 8.61. The predicted octanol–water partition coefficient (Wildman–Crippen LogP) is 2.51. The summed E-state index contributed by atoms with van der Waals surface area (Å²) in [5, 5.41) is 1.17. The number of hydrogen-bond acceptors (Lipinski definition) is 4. The lowest BCUT2D eigenvalue weighted by atomic mass is 10.3. The molecule has 0 heterocycles. The van der Waals surface area contributed by atoms with E-state index in [1.807, 2.05) is 18.2 Å². The maximum atomic E-state index is 11.7. The van der Waals surface area contributed by atoms with Gasteiger partial charge in [-0.3, -0.25) is 14.6 Å². The number of primary amides is 1. The largest absolute Gasteiger partial charge is 0.349 e. The van der Waals surface area contributed by atoms with Crippen LogP contribution in [-0.4, -0.2) is 54.8 Å². The fraction of sp³-hybridized carbons (Fsp3) is 0.588. The summed E-state index contributed by atoms with van der Waals surface area (Å²) in [6, 6.07) is 8.57. The maximum absolute atomic E-state index is 11.7. The van der Waals surface area contributed by atoms with Crippen molar-refractivity contribution in [3.8, 4) is 0 Å². The Labute approximate surface area is 139 Å². The first kappa shape index (κ1) is 19.4. The molecule has 0 bridgehead atoms. The lowest BCUT2D eigenvalue weighted by Crippen LogP contribution is -2.52. The number of likely N-dealkylation sites (N-methyl/N-ethyl adjacent to an activating group) is 2. The number of nitrogens with two attached hydrogens (primary N) is 1. The minimum absolute atomic E-state index is 0.102. The molecule has 0 aromatic heterocycles. The van der Waals surface area contributed by atoms with Crippen LogP contribution in [0.5, 0.6) is 0 Å². The highest BCUT2D eigenvalue weighted by atomic mass is 16.7. The zero-order chi connectivity index (χ0) is 17.2. The van der Waals surface area contributed by atoms with E-state index in [0.717, 1.165) is 26.2 Å². The summed E-state index contributed by atoms with van der Waals surface area (Å²) in [4.78, 5) is 22.2. The summed E-state index contributed by atoms with van der Waals surface area (Å²) < 4.78 is 0. The second-order valence-electron chi connectivity index (χ2n) is 5.19. The molecule has 130 valence electrons. The van der Waals surface area contributed by atoms with Gasteiger partial charge in [0.05, 0.1) is 11.9 Å². The van der Waals surface area contributed by atoms with Gasteiger partial charge in [0.25, 0.3) is 0 Å². The normalized spacial score (nSPS) is 11.4. The molecule has 1 aromatic carbocycles. The van der Waals surface area contributed by atoms with E-state index in [9.17, 15) is 4.79 Å². The van der Waals surface area contributed by atoms with Crippen LogP contribution in [0.1, 0.15) is 27.7 Å². The molecule has 6 nitrogen and oxygen atoms in total. The van der Waals surface area contributed by atoms with Crippen molar-refractivity contribution in [3.63, 3.8) is 0 Å². The van der Waals surface area contributed by atoms with E-state index in [2.05, 4.69) is 37.5 Å². The number of carbonyl (C=O) groups excluding carboxylic acids is 1. The van der Waals surface area contributed by atoms with E-state index in [1.165, 1.54) is 5.06 Å². The van der Waals surface area contributed by atoms with Crippen molar-refractivity contribution < 1.29 is 9.63 Å². The second kappa shape index (κ2) is 10.2. The molecule has 2 amide bonds. The van der Waals surface area contributed by atoms with Gasteiger partial charge in [0, 0.05) is 0 Å². The summed E-state index contributed by atoms with van der Waals surface area (Å²) in [6.45, 7) is 12.6. The highest BCUT2D eigenvalue weighted by molar-refractivity contribution is 5.88. The van der Waals surface area contributed by atoms with E-state index in [0.29, 0.717) is 12.3 Å². The van der Waals surface area contributed by atoms with Crippen LogP contribution in [0.2, 0.25) is 0 Å². The summed E-state index contributed by atoms with van der Waals surface area (Å²) >= 11 is 0. The number of amides is 2. The molecule has 1 aromatic rings.